The normalized spacial score (nSPS) is 10.5. The van der Waals surface area contributed by atoms with Gasteiger partial charge in [0, 0.05) is 0 Å². The van der Waals surface area contributed by atoms with Crippen LogP contribution in [0.4, 0.5) is 0 Å². The van der Waals surface area contributed by atoms with Crippen LogP contribution in [0.3, 0.4) is 0 Å². The third kappa shape index (κ3) is 7.04. The van der Waals surface area contributed by atoms with E-state index in [1.165, 1.54) is 0 Å². The summed E-state index contributed by atoms with van der Waals surface area (Å²) in [4.78, 5) is 9.97. The van der Waals surface area contributed by atoms with E-state index < -0.39 is 5.78 Å². The van der Waals surface area contributed by atoms with Crippen LogP contribution in [0.2, 0.25) is 0 Å². The molecule has 0 saturated heterocycles. The standard InChI is InChI=1S/C15H21BN6.C5H6O2.CO.Ir/c1-10-7-13(4)20(17-10)16(21-14(5)8-11(2)18-21)22-15(6)9-12(3)19-22;1-4(3-6)5(2)7;1-2;/h7-9H,1-6H3;3,6H,1-2H2;;/q-1;-2;;+3/b;4-3-;;. The third-order valence-corrected chi connectivity index (χ3v) is 4.30. The van der Waals surface area contributed by atoms with Gasteiger partial charge in [-0.05, 0) is 76.8 Å². The maximum Gasteiger partial charge on any atom is 3.00 e. The van der Waals surface area contributed by atoms with E-state index in [1.807, 2.05) is 34.5 Å². The molecule has 0 saturated carbocycles. The molecule has 9 nitrogen and oxygen atoms in total. The number of aryl methyl sites for hydroxylation is 6. The molecule has 0 atom stereocenters. The molecule has 0 aromatic carbocycles. The second kappa shape index (κ2) is 12.8. The minimum absolute atomic E-state index is 0. The topological polar surface area (TPSA) is 111 Å². The molecule has 0 spiro atoms. The minimum atomic E-state index is -0.456. The molecule has 3 aromatic rings. The summed E-state index contributed by atoms with van der Waals surface area (Å²) in [5.74, 6) is -0.456. The number of hydrogen-bond donors (Lipinski definition) is 1. The molecule has 171 valence electrons. The molecule has 0 bridgehead atoms. The van der Waals surface area contributed by atoms with Gasteiger partial charge in [-0.25, -0.2) is 15.3 Å². The van der Waals surface area contributed by atoms with Crippen molar-refractivity contribution in [2.24, 2.45) is 0 Å². The second-order valence-electron chi connectivity index (χ2n) is 7.04. The largest absolute Gasteiger partial charge is 3.00 e. The number of hydrogen-bond acceptors (Lipinski definition) is 5. The molecule has 11 heteroatoms. The fourth-order valence-corrected chi connectivity index (χ4v) is 3.02. The average molecular weight is 615 g/mol. The summed E-state index contributed by atoms with van der Waals surface area (Å²) in [5.41, 5.74) is 6.26. The second-order valence-corrected chi connectivity index (χ2v) is 7.04. The maximum atomic E-state index is 9.97. The zero-order valence-corrected chi connectivity index (χ0v) is 21.5. The van der Waals surface area contributed by atoms with Gasteiger partial charge in [0.25, 0.3) is 7.12 Å². The Morgan fingerprint density at radius 1 is 0.875 bits per heavy atom. The monoisotopic (exact) mass is 615 g/mol. The first-order valence-electron chi connectivity index (χ1n) is 9.36. The Hall–Kier alpha value is -2.97. The maximum absolute atomic E-state index is 9.97. The van der Waals surface area contributed by atoms with Crippen molar-refractivity contribution in [3.05, 3.63) is 84.7 Å². The van der Waals surface area contributed by atoms with Crippen molar-refractivity contribution >= 4 is 12.9 Å². The number of carbonyl (C=O) groups is 1. The SMILES string of the molecule is Cc1cc(C)n([B-](n2nc(C)cc2C)n2nc(C)cc2C)n1.[C-]#[O+].[CH2-]C(=O)/C([CH2-])=C\O.[Ir+3]. The van der Waals surface area contributed by atoms with Crippen LogP contribution < -0.4 is 0 Å². The first-order chi connectivity index (χ1) is 14.5. The average Bonchev–Trinajstić information content (AvgIpc) is 3.33. The fraction of sp³-hybridized carbons (Fsp3) is 0.286. The van der Waals surface area contributed by atoms with E-state index >= 15 is 0 Å². The Balaban J connectivity index is 0.000000829. The number of aliphatic hydroxyl groups excluding tert-OH is 1. The quantitative estimate of drug-likeness (QED) is 0.160. The van der Waals surface area contributed by atoms with Gasteiger partial charge < -0.3 is 23.7 Å². The van der Waals surface area contributed by atoms with Gasteiger partial charge in [-0.2, -0.15) is 0 Å². The molecule has 0 aliphatic rings. The first-order valence-corrected chi connectivity index (χ1v) is 9.36. The molecular weight excluding hydrogens is 587 g/mol. The van der Waals surface area contributed by atoms with Gasteiger partial charge in [0.1, 0.15) is 0 Å². The van der Waals surface area contributed by atoms with Crippen molar-refractivity contribution < 1.29 is 34.7 Å². The third-order valence-electron chi connectivity index (χ3n) is 4.30. The van der Waals surface area contributed by atoms with Gasteiger partial charge in [0.15, 0.2) is 0 Å². The number of Topliss-reactive ketones (excluding diaryl/α,β-unsaturated/α-hetero) is 1. The smallest absolute Gasteiger partial charge is 0.590 e. The predicted octanol–water partition coefficient (Wildman–Crippen LogP) is 2.68. The molecule has 0 aliphatic carbocycles. The van der Waals surface area contributed by atoms with E-state index in [2.05, 4.69) is 74.8 Å². The van der Waals surface area contributed by atoms with E-state index in [4.69, 9.17) is 9.76 Å². The molecular formula is C21H27BIrN6O3. The zero-order valence-electron chi connectivity index (χ0n) is 19.1. The van der Waals surface area contributed by atoms with Gasteiger partial charge in [0.05, 0.1) is 17.1 Å². The summed E-state index contributed by atoms with van der Waals surface area (Å²) in [6, 6.07) is 6.22. The number of carbonyl (C=O) groups excluding carboxylic acids is 1. The Morgan fingerprint density at radius 2 is 1.16 bits per heavy atom. The van der Waals surface area contributed by atoms with Crippen molar-refractivity contribution in [3.63, 3.8) is 0 Å². The molecule has 32 heavy (non-hydrogen) atoms. The van der Waals surface area contributed by atoms with Crippen LogP contribution in [-0.4, -0.2) is 47.1 Å². The zero-order chi connectivity index (χ0) is 23.9. The number of allylic oxidation sites excluding steroid dienone is 1. The van der Waals surface area contributed by atoms with Crippen LogP contribution >= 0.6 is 0 Å². The van der Waals surface area contributed by atoms with E-state index in [9.17, 15) is 4.79 Å². The summed E-state index contributed by atoms with van der Waals surface area (Å²) in [7, 11) is -0.226. The van der Waals surface area contributed by atoms with E-state index in [0.717, 1.165) is 34.2 Å². The molecule has 1 N–H and O–H groups in total. The van der Waals surface area contributed by atoms with Crippen LogP contribution in [0.15, 0.2) is 30.0 Å². The molecule has 3 aromatic heterocycles. The summed E-state index contributed by atoms with van der Waals surface area (Å²) in [5, 5.41) is 22.0. The van der Waals surface area contributed by atoms with E-state index in [0.29, 0.717) is 6.26 Å². The molecule has 0 unspecified atom stereocenters. The van der Waals surface area contributed by atoms with Gasteiger partial charge >= 0.3 is 31.4 Å². The minimum Gasteiger partial charge on any atom is -0.590 e. The van der Waals surface area contributed by atoms with E-state index in [1.54, 1.807) is 0 Å². The van der Waals surface area contributed by atoms with Gasteiger partial charge in [-0.3, -0.25) is 19.4 Å². The van der Waals surface area contributed by atoms with Crippen LogP contribution in [0.5, 0.6) is 0 Å². The Morgan fingerprint density at radius 3 is 1.28 bits per heavy atom. The van der Waals surface area contributed by atoms with Gasteiger partial charge in [0.2, 0.25) is 0 Å². The summed E-state index contributed by atoms with van der Waals surface area (Å²) < 4.78 is 13.4. The van der Waals surface area contributed by atoms with Gasteiger partial charge in [-0.1, -0.05) is 5.78 Å². The summed E-state index contributed by atoms with van der Waals surface area (Å²) in [6.45, 7) is 22.8. The number of aliphatic hydroxyl groups is 1. The van der Waals surface area contributed by atoms with Crippen LogP contribution in [0.1, 0.15) is 34.2 Å². The number of nitrogens with zero attached hydrogens (tertiary/aromatic N) is 6. The van der Waals surface area contributed by atoms with E-state index in [-0.39, 0.29) is 32.8 Å². The van der Waals surface area contributed by atoms with Gasteiger partial charge in [-0.15, -0.1) is 6.26 Å². The van der Waals surface area contributed by atoms with Crippen molar-refractivity contribution in [1.29, 1.82) is 0 Å². The molecule has 3 rings (SSSR count). The number of ketones is 1. The summed E-state index contributed by atoms with van der Waals surface area (Å²) >= 11 is 0. The fourth-order valence-electron chi connectivity index (χ4n) is 3.02. The Kier molecular flexibility index (Phi) is 11.6. The predicted molar refractivity (Wildman–Crippen MR) is 117 cm³/mol. The van der Waals surface area contributed by atoms with Crippen molar-refractivity contribution in [2.75, 3.05) is 0 Å². The summed E-state index contributed by atoms with van der Waals surface area (Å²) in [6.07, 6.45) is 0.634. The molecule has 0 amide bonds. The van der Waals surface area contributed by atoms with Crippen LogP contribution in [0, 0.1) is 62.0 Å². The Labute approximate surface area is 202 Å². The number of rotatable bonds is 4. The van der Waals surface area contributed by atoms with Crippen LogP contribution in [0.25, 0.3) is 0 Å². The molecule has 3 heterocycles. The van der Waals surface area contributed by atoms with Crippen molar-refractivity contribution in [1.82, 2.24) is 29.1 Å². The van der Waals surface area contributed by atoms with Crippen molar-refractivity contribution in [3.8, 4) is 0 Å². The first kappa shape index (κ1) is 29.0. The molecule has 0 fully saturated rings. The molecule has 1 radical (unpaired) electrons. The van der Waals surface area contributed by atoms with Crippen LogP contribution in [-0.2, 0) is 29.6 Å². The Bertz CT molecular complexity index is 987. The van der Waals surface area contributed by atoms with Crippen molar-refractivity contribution in [2.45, 2.75) is 41.5 Å². The molecule has 0 aliphatic heterocycles. The number of aromatic nitrogens is 6.